The van der Waals surface area contributed by atoms with Crippen molar-refractivity contribution in [2.75, 3.05) is 13.7 Å². The predicted molar refractivity (Wildman–Crippen MR) is 110 cm³/mol. The summed E-state index contributed by atoms with van der Waals surface area (Å²) in [6, 6.07) is 18.4. The molecule has 1 N–H and O–H groups in total. The average molecular weight is 378 g/mol. The van der Waals surface area contributed by atoms with Gasteiger partial charge in [-0.05, 0) is 42.2 Å². The molecule has 1 amide bonds. The zero-order chi connectivity index (χ0) is 18.6. The highest BCUT2D eigenvalue weighted by molar-refractivity contribution is 8.00. The number of thioether (sulfide) groups is 1. The minimum Gasteiger partial charge on any atom is -0.497 e. The topological polar surface area (TPSA) is 51.2 Å². The van der Waals surface area contributed by atoms with Crippen molar-refractivity contribution >= 4 is 28.6 Å². The van der Waals surface area contributed by atoms with Crippen molar-refractivity contribution in [1.29, 1.82) is 0 Å². The fourth-order valence-corrected chi connectivity index (χ4v) is 4.50. The number of carbonyl (C=O) groups excluding carboxylic acids is 1. The van der Waals surface area contributed by atoms with Crippen LogP contribution in [0.15, 0.2) is 59.6 Å². The fourth-order valence-electron chi connectivity index (χ4n) is 3.40. The molecule has 1 aliphatic rings. The molecule has 0 unspecified atom stereocenters. The quantitative estimate of drug-likeness (QED) is 0.717. The molecular weight excluding hydrogens is 356 g/mol. The van der Waals surface area contributed by atoms with Crippen LogP contribution in [0.5, 0.6) is 5.75 Å². The Hall–Kier alpha value is -2.53. The molecule has 2 heterocycles. The van der Waals surface area contributed by atoms with Crippen LogP contribution in [0.4, 0.5) is 0 Å². The van der Waals surface area contributed by atoms with Crippen molar-refractivity contribution in [3.05, 3.63) is 54.6 Å². The maximum atomic E-state index is 12.4. The molecule has 4 rings (SSSR count). The summed E-state index contributed by atoms with van der Waals surface area (Å²) in [5.41, 5.74) is 3.15. The van der Waals surface area contributed by atoms with Crippen molar-refractivity contribution in [3.8, 4) is 16.9 Å². The Bertz CT molecular complexity index is 959. The summed E-state index contributed by atoms with van der Waals surface area (Å²) in [6.07, 6.45) is 2.98. The molecule has 0 spiro atoms. The molecule has 2 aromatic carbocycles. The molecule has 1 fully saturated rings. The highest BCUT2D eigenvalue weighted by Gasteiger charge is 2.23. The van der Waals surface area contributed by atoms with E-state index in [0.717, 1.165) is 58.6 Å². The largest absolute Gasteiger partial charge is 0.497 e. The van der Waals surface area contributed by atoms with Gasteiger partial charge in [-0.1, -0.05) is 48.5 Å². The van der Waals surface area contributed by atoms with Gasteiger partial charge >= 0.3 is 0 Å². The lowest BCUT2D eigenvalue weighted by Crippen LogP contribution is -2.30. The number of amides is 1. The molecule has 1 aliphatic heterocycles. The van der Waals surface area contributed by atoms with E-state index >= 15 is 0 Å². The Morgan fingerprint density at radius 1 is 1.11 bits per heavy atom. The van der Waals surface area contributed by atoms with Gasteiger partial charge in [0.15, 0.2) is 0 Å². The smallest absolute Gasteiger partial charge is 0.233 e. The number of hydrogen-bond donors (Lipinski definition) is 1. The Morgan fingerprint density at radius 3 is 2.78 bits per heavy atom. The van der Waals surface area contributed by atoms with E-state index in [9.17, 15) is 4.79 Å². The van der Waals surface area contributed by atoms with Crippen molar-refractivity contribution in [1.82, 2.24) is 10.3 Å². The molecule has 0 saturated carbocycles. The van der Waals surface area contributed by atoms with Gasteiger partial charge in [0.25, 0.3) is 0 Å². The molecule has 3 aromatic rings. The van der Waals surface area contributed by atoms with Gasteiger partial charge in [-0.25, -0.2) is 4.98 Å². The molecule has 1 atom stereocenters. The number of ether oxygens (including phenoxy) is 1. The van der Waals surface area contributed by atoms with Gasteiger partial charge < -0.3 is 10.1 Å². The molecule has 27 heavy (non-hydrogen) atoms. The Kier molecular flexibility index (Phi) is 5.30. The van der Waals surface area contributed by atoms with Gasteiger partial charge in [-0.15, -0.1) is 0 Å². The SMILES string of the molecule is COc1ccc2c(-c3ccccc3)cc(S[C@@H]3CCCCNC3=O)nc2c1. The summed E-state index contributed by atoms with van der Waals surface area (Å²) in [4.78, 5) is 17.2. The highest BCUT2D eigenvalue weighted by Crippen LogP contribution is 2.35. The van der Waals surface area contributed by atoms with Crippen molar-refractivity contribution in [2.24, 2.45) is 0 Å². The molecule has 138 valence electrons. The molecular formula is C22H22N2O2S. The molecule has 4 nitrogen and oxygen atoms in total. The van der Waals surface area contributed by atoms with Crippen LogP contribution < -0.4 is 10.1 Å². The summed E-state index contributed by atoms with van der Waals surface area (Å²) in [6.45, 7) is 0.771. The number of methoxy groups -OCH3 is 1. The second-order valence-corrected chi connectivity index (χ2v) is 7.87. The second-order valence-electron chi connectivity index (χ2n) is 6.65. The molecule has 1 saturated heterocycles. The molecule has 0 radical (unpaired) electrons. The molecule has 0 aliphatic carbocycles. The number of rotatable bonds is 4. The number of pyridine rings is 1. The maximum Gasteiger partial charge on any atom is 0.233 e. The first-order chi connectivity index (χ1) is 13.2. The van der Waals surface area contributed by atoms with Gasteiger partial charge in [-0.3, -0.25) is 4.79 Å². The number of fused-ring (bicyclic) bond motifs is 1. The lowest BCUT2D eigenvalue weighted by Gasteiger charge is -2.15. The van der Waals surface area contributed by atoms with E-state index in [2.05, 4.69) is 29.6 Å². The third kappa shape index (κ3) is 3.93. The number of aromatic nitrogens is 1. The van der Waals surface area contributed by atoms with E-state index in [4.69, 9.17) is 9.72 Å². The Labute approximate surface area is 163 Å². The van der Waals surface area contributed by atoms with Crippen molar-refractivity contribution in [3.63, 3.8) is 0 Å². The van der Waals surface area contributed by atoms with Crippen LogP contribution in [-0.2, 0) is 4.79 Å². The van der Waals surface area contributed by atoms with E-state index in [1.807, 2.05) is 30.3 Å². The normalized spacial score (nSPS) is 17.4. The lowest BCUT2D eigenvalue weighted by molar-refractivity contribution is -0.120. The van der Waals surface area contributed by atoms with Crippen LogP contribution in [0.2, 0.25) is 0 Å². The van der Waals surface area contributed by atoms with Crippen LogP contribution in [0, 0.1) is 0 Å². The molecule has 1 aromatic heterocycles. The Balaban J connectivity index is 1.79. The van der Waals surface area contributed by atoms with Gasteiger partial charge in [0.05, 0.1) is 22.9 Å². The van der Waals surface area contributed by atoms with Crippen LogP contribution in [0.25, 0.3) is 22.0 Å². The summed E-state index contributed by atoms with van der Waals surface area (Å²) in [7, 11) is 1.66. The monoisotopic (exact) mass is 378 g/mol. The van der Waals surface area contributed by atoms with E-state index < -0.39 is 0 Å². The minimum atomic E-state index is -0.0910. The van der Waals surface area contributed by atoms with Gasteiger partial charge in [0.2, 0.25) is 5.91 Å². The van der Waals surface area contributed by atoms with E-state index in [1.54, 1.807) is 18.9 Å². The number of hydrogen-bond acceptors (Lipinski definition) is 4. The fraction of sp³-hybridized carbons (Fsp3) is 0.273. The van der Waals surface area contributed by atoms with Crippen LogP contribution in [0.1, 0.15) is 19.3 Å². The summed E-state index contributed by atoms with van der Waals surface area (Å²) >= 11 is 1.56. The van der Waals surface area contributed by atoms with Gasteiger partial charge in [0, 0.05) is 18.0 Å². The standard InChI is InChI=1S/C22H22N2O2S/c1-26-16-10-11-17-18(15-7-3-2-4-8-15)14-21(24-19(17)13-16)27-20-9-5-6-12-23-22(20)25/h2-4,7-8,10-11,13-14,20H,5-6,9,12H2,1H3,(H,23,25)/t20-/m1/s1. The number of benzene rings is 2. The molecule has 0 bridgehead atoms. The number of nitrogens with zero attached hydrogens (tertiary/aromatic N) is 1. The average Bonchev–Trinajstić information content (AvgIpc) is 2.91. The third-order valence-corrected chi connectivity index (χ3v) is 6.01. The first-order valence-electron chi connectivity index (χ1n) is 9.23. The zero-order valence-corrected chi connectivity index (χ0v) is 16.1. The summed E-state index contributed by atoms with van der Waals surface area (Å²) in [5, 5.41) is 4.87. The Morgan fingerprint density at radius 2 is 1.96 bits per heavy atom. The van der Waals surface area contributed by atoms with Crippen molar-refractivity contribution in [2.45, 2.75) is 29.5 Å². The first-order valence-corrected chi connectivity index (χ1v) is 10.1. The van der Waals surface area contributed by atoms with E-state index in [-0.39, 0.29) is 11.2 Å². The number of carbonyl (C=O) groups is 1. The predicted octanol–water partition coefficient (Wildman–Crippen LogP) is 4.67. The van der Waals surface area contributed by atoms with E-state index in [1.165, 1.54) is 0 Å². The van der Waals surface area contributed by atoms with E-state index in [0.29, 0.717) is 0 Å². The van der Waals surface area contributed by atoms with Crippen LogP contribution >= 0.6 is 11.8 Å². The maximum absolute atomic E-state index is 12.4. The van der Waals surface area contributed by atoms with Gasteiger partial charge in [-0.2, -0.15) is 0 Å². The van der Waals surface area contributed by atoms with Crippen molar-refractivity contribution < 1.29 is 9.53 Å². The number of nitrogens with one attached hydrogen (secondary N) is 1. The lowest BCUT2D eigenvalue weighted by atomic mass is 10.0. The summed E-state index contributed by atoms with van der Waals surface area (Å²) in [5.74, 6) is 0.898. The van der Waals surface area contributed by atoms with Gasteiger partial charge in [0.1, 0.15) is 5.75 Å². The minimum absolute atomic E-state index is 0.0910. The zero-order valence-electron chi connectivity index (χ0n) is 15.3. The highest BCUT2D eigenvalue weighted by atomic mass is 32.2. The first kappa shape index (κ1) is 17.9. The second kappa shape index (κ2) is 8.01. The molecule has 5 heteroatoms. The third-order valence-electron chi connectivity index (χ3n) is 4.83. The summed E-state index contributed by atoms with van der Waals surface area (Å²) < 4.78 is 5.38. The van der Waals surface area contributed by atoms with Crippen LogP contribution in [-0.4, -0.2) is 29.8 Å². The van der Waals surface area contributed by atoms with Crippen LogP contribution in [0.3, 0.4) is 0 Å².